The Balaban J connectivity index is 1.92. The maximum absolute atomic E-state index is 12.4. The maximum atomic E-state index is 12.4. The number of thioether (sulfide) groups is 1. The molecule has 0 aliphatic heterocycles. The topological polar surface area (TPSA) is 61.9 Å². The number of thiophene rings is 1. The number of H-pyrrole nitrogens is 1. The van der Waals surface area contributed by atoms with Crippen LogP contribution in [0.2, 0.25) is 0 Å². The van der Waals surface area contributed by atoms with E-state index in [1.165, 1.54) is 11.8 Å². The first-order valence-electron chi connectivity index (χ1n) is 6.79. The van der Waals surface area contributed by atoms with E-state index in [9.17, 15) is 4.79 Å². The number of aromatic amines is 1. The van der Waals surface area contributed by atoms with Gasteiger partial charge in [-0.3, -0.25) is 9.89 Å². The Labute approximate surface area is 146 Å². The first-order chi connectivity index (χ1) is 10.6. The molecule has 0 fully saturated rings. The van der Waals surface area contributed by atoms with Gasteiger partial charge in [-0.25, -0.2) is 4.98 Å². The third-order valence-electron chi connectivity index (χ3n) is 2.85. The number of hydrogen-bond donors (Lipinski definition) is 1. The molecule has 0 saturated heterocycles. The molecule has 0 saturated carbocycles. The van der Waals surface area contributed by atoms with Gasteiger partial charge in [-0.2, -0.15) is 0 Å². The van der Waals surface area contributed by atoms with Crippen molar-refractivity contribution in [2.75, 3.05) is 12.3 Å². The fraction of sp³-hybridized carbons (Fsp3) is 0.357. The largest absolute Gasteiger partial charge is 0.333 e. The molecule has 0 aliphatic carbocycles. The van der Waals surface area contributed by atoms with E-state index in [0.717, 1.165) is 20.9 Å². The predicted octanol–water partition coefficient (Wildman–Crippen LogP) is 3.50. The summed E-state index contributed by atoms with van der Waals surface area (Å²) in [6.45, 7) is 6.86. The highest BCUT2D eigenvalue weighted by Gasteiger charge is 2.15. The van der Waals surface area contributed by atoms with Crippen LogP contribution in [0.25, 0.3) is 0 Å². The Morgan fingerprint density at radius 3 is 3.00 bits per heavy atom. The van der Waals surface area contributed by atoms with Crippen molar-refractivity contribution in [3.8, 4) is 0 Å². The van der Waals surface area contributed by atoms with Gasteiger partial charge in [0.2, 0.25) is 11.1 Å². The fourth-order valence-corrected chi connectivity index (χ4v) is 3.97. The lowest BCUT2D eigenvalue weighted by Gasteiger charge is -2.19. The summed E-state index contributed by atoms with van der Waals surface area (Å²) in [6.07, 6.45) is 2.55. The molecule has 0 aromatic carbocycles. The summed E-state index contributed by atoms with van der Waals surface area (Å²) in [6, 6.07) is 4.01. The van der Waals surface area contributed by atoms with Crippen LogP contribution in [-0.2, 0) is 17.8 Å². The lowest BCUT2D eigenvalue weighted by Crippen LogP contribution is -2.31. The molecule has 1 amide bonds. The molecule has 22 heavy (non-hydrogen) atoms. The quantitative estimate of drug-likeness (QED) is 0.543. The monoisotopic (exact) mass is 400 g/mol. The minimum Gasteiger partial charge on any atom is -0.333 e. The van der Waals surface area contributed by atoms with E-state index in [2.05, 4.69) is 37.7 Å². The third kappa shape index (κ3) is 4.96. The number of carbonyl (C=O) groups is 1. The van der Waals surface area contributed by atoms with Crippen LogP contribution in [0.5, 0.6) is 0 Å². The summed E-state index contributed by atoms with van der Waals surface area (Å²) < 4.78 is 1.07. The van der Waals surface area contributed by atoms with Gasteiger partial charge in [-0.15, -0.1) is 23.0 Å². The molecular formula is C14H17BrN4OS2. The summed E-state index contributed by atoms with van der Waals surface area (Å²) >= 11 is 6.42. The van der Waals surface area contributed by atoms with Crippen LogP contribution in [0.4, 0.5) is 0 Å². The zero-order valence-corrected chi connectivity index (χ0v) is 15.4. The van der Waals surface area contributed by atoms with Gasteiger partial charge in [0.25, 0.3) is 0 Å². The zero-order valence-electron chi connectivity index (χ0n) is 12.2. The highest BCUT2D eigenvalue weighted by atomic mass is 79.9. The van der Waals surface area contributed by atoms with Crippen LogP contribution < -0.4 is 0 Å². The number of nitrogens with one attached hydrogen (secondary N) is 1. The number of amides is 1. The third-order valence-corrected chi connectivity index (χ3v) is 5.29. The average Bonchev–Trinajstić information content (AvgIpc) is 3.13. The second-order valence-electron chi connectivity index (χ2n) is 4.48. The molecule has 0 aliphatic rings. The van der Waals surface area contributed by atoms with E-state index in [-0.39, 0.29) is 5.91 Å². The molecule has 2 rings (SSSR count). The van der Waals surface area contributed by atoms with Crippen molar-refractivity contribution in [2.24, 2.45) is 0 Å². The van der Waals surface area contributed by atoms with Crippen molar-refractivity contribution in [1.82, 2.24) is 20.1 Å². The molecule has 5 nitrogen and oxygen atoms in total. The summed E-state index contributed by atoms with van der Waals surface area (Å²) in [4.78, 5) is 19.6. The Morgan fingerprint density at radius 1 is 1.59 bits per heavy atom. The van der Waals surface area contributed by atoms with Crippen molar-refractivity contribution in [1.29, 1.82) is 0 Å². The van der Waals surface area contributed by atoms with E-state index < -0.39 is 0 Å². The summed E-state index contributed by atoms with van der Waals surface area (Å²) in [7, 11) is 0. The summed E-state index contributed by atoms with van der Waals surface area (Å²) in [5, 5.41) is 7.55. The van der Waals surface area contributed by atoms with Gasteiger partial charge < -0.3 is 4.90 Å². The molecule has 1 N–H and O–H groups in total. The first-order valence-corrected chi connectivity index (χ1v) is 9.38. The molecule has 2 aromatic rings. The Hall–Kier alpha value is -1.12. The van der Waals surface area contributed by atoms with Crippen LogP contribution in [0, 0.1) is 0 Å². The molecule has 118 valence electrons. The zero-order chi connectivity index (χ0) is 15.9. The van der Waals surface area contributed by atoms with E-state index in [1.54, 1.807) is 22.3 Å². The molecule has 0 spiro atoms. The number of nitrogens with zero attached hydrogens (tertiary/aromatic N) is 3. The second kappa shape index (κ2) is 8.50. The standard InChI is InChI=1S/C14H17BrN4OS2/c1-3-7-19(8-10-5-6-11(15)22-10)13(20)9-21-14-16-12(4-2)17-18-14/h3,5-6H,1,4,7-9H2,2H3,(H,16,17,18). The molecule has 0 atom stereocenters. The summed E-state index contributed by atoms with van der Waals surface area (Å²) in [5.74, 6) is 1.21. The second-order valence-corrected chi connectivity index (χ2v) is 7.97. The molecule has 0 unspecified atom stereocenters. The van der Waals surface area contributed by atoms with Crippen LogP contribution >= 0.6 is 39.0 Å². The fourth-order valence-electron chi connectivity index (χ4n) is 1.75. The molecular weight excluding hydrogens is 384 g/mol. The van der Waals surface area contributed by atoms with E-state index in [0.29, 0.717) is 24.0 Å². The highest BCUT2D eigenvalue weighted by Crippen LogP contribution is 2.23. The highest BCUT2D eigenvalue weighted by molar-refractivity contribution is 9.11. The van der Waals surface area contributed by atoms with Crippen LogP contribution in [0.3, 0.4) is 0 Å². The predicted molar refractivity (Wildman–Crippen MR) is 94.1 cm³/mol. The normalized spacial score (nSPS) is 10.6. The van der Waals surface area contributed by atoms with Gasteiger partial charge in [0.15, 0.2) is 0 Å². The van der Waals surface area contributed by atoms with Gasteiger partial charge >= 0.3 is 0 Å². The number of carbonyl (C=O) groups excluding carboxylic acids is 1. The van der Waals surface area contributed by atoms with Gasteiger partial charge in [-0.1, -0.05) is 24.8 Å². The Kier molecular flexibility index (Phi) is 6.66. The average molecular weight is 401 g/mol. The van der Waals surface area contributed by atoms with Gasteiger partial charge in [0, 0.05) is 17.8 Å². The Morgan fingerprint density at radius 2 is 2.41 bits per heavy atom. The number of halogens is 1. The minimum absolute atomic E-state index is 0.0530. The van der Waals surface area contributed by atoms with Crippen LogP contribution in [0.1, 0.15) is 17.6 Å². The van der Waals surface area contributed by atoms with Crippen molar-refractivity contribution in [3.05, 3.63) is 39.3 Å². The van der Waals surface area contributed by atoms with Gasteiger partial charge in [-0.05, 0) is 28.1 Å². The smallest absolute Gasteiger partial charge is 0.233 e. The summed E-state index contributed by atoms with van der Waals surface area (Å²) in [5.41, 5.74) is 0. The van der Waals surface area contributed by atoms with Crippen molar-refractivity contribution in [2.45, 2.75) is 25.0 Å². The first kappa shape index (κ1) is 17.2. The lowest BCUT2D eigenvalue weighted by molar-refractivity contribution is -0.128. The molecule has 2 aromatic heterocycles. The molecule has 0 bridgehead atoms. The number of rotatable bonds is 8. The maximum Gasteiger partial charge on any atom is 0.233 e. The van der Waals surface area contributed by atoms with E-state index >= 15 is 0 Å². The minimum atomic E-state index is 0.0530. The van der Waals surface area contributed by atoms with Crippen molar-refractivity contribution < 1.29 is 4.79 Å². The number of hydrogen-bond acceptors (Lipinski definition) is 5. The van der Waals surface area contributed by atoms with Gasteiger partial charge in [0.1, 0.15) is 5.82 Å². The van der Waals surface area contributed by atoms with Crippen molar-refractivity contribution in [3.63, 3.8) is 0 Å². The SMILES string of the molecule is C=CCN(Cc1ccc(Br)s1)C(=O)CSc1n[nH]c(CC)n1. The Bertz CT molecular complexity index is 640. The molecule has 0 radical (unpaired) electrons. The number of aryl methyl sites for hydroxylation is 1. The van der Waals surface area contributed by atoms with Crippen LogP contribution in [-0.4, -0.2) is 38.3 Å². The van der Waals surface area contributed by atoms with E-state index in [1.807, 2.05) is 19.1 Å². The van der Waals surface area contributed by atoms with Crippen LogP contribution in [0.15, 0.2) is 33.7 Å². The van der Waals surface area contributed by atoms with E-state index in [4.69, 9.17) is 0 Å². The number of aromatic nitrogens is 3. The molecule has 2 heterocycles. The van der Waals surface area contributed by atoms with Crippen molar-refractivity contribution >= 4 is 44.9 Å². The molecule has 8 heteroatoms. The lowest BCUT2D eigenvalue weighted by atomic mass is 10.4. The van der Waals surface area contributed by atoms with Gasteiger partial charge in [0.05, 0.1) is 16.1 Å².